The smallest absolute Gasteiger partial charge is 0.278 e. The van der Waals surface area contributed by atoms with Gasteiger partial charge in [0, 0.05) is 11.1 Å². The van der Waals surface area contributed by atoms with Crippen LogP contribution in [0, 0.1) is 0 Å². The van der Waals surface area contributed by atoms with Gasteiger partial charge in [-0.3, -0.25) is 14.2 Å². The molecule has 152 valence electrons. The minimum atomic E-state index is -0.970. The molecule has 30 heavy (non-hydrogen) atoms. The molecule has 0 saturated carbocycles. The molecule has 1 N–H and O–H groups in total. The van der Waals surface area contributed by atoms with Gasteiger partial charge in [-0.2, -0.15) is 0 Å². The number of rotatable bonds is 4. The standard InChI is InChI=1S/C24H23N3O3/c1-24(2,3)26-22(28)21(19-14-9-15-30-19)27-18-13-8-7-12-17(18)25-20(23(27)29)16-10-5-4-6-11-16/h4-15,21H,1-3H3,(H,26,28). The summed E-state index contributed by atoms with van der Waals surface area (Å²) in [4.78, 5) is 31.6. The molecular weight excluding hydrogens is 378 g/mol. The Morgan fingerprint density at radius 3 is 2.37 bits per heavy atom. The first-order valence-corrected chi connectivity index (χ1v) is 9.77. The third-order valence-corrected chi connectivity index (χ3v) is 4.66. The first-order chi connectivity index (χ1) is 14.3. The van der Waals surface area contributed by atoms with E-state index in [9.17, 15) is 9.59 Å². The predicted octanol–water partition coefficient (Wildman–Crippen LogP) is 4.16. The molecule has 0 aliphatic carbocycles. The van der Waals surface area contributed by atoms with Crippen molar-refractivity contribution in [2.45, 2.75) is 32.4 Å². The Morgan fingerprint density at radius 1 is 1.00 bits per heavy atom. The first kappa shape index (κ1) is 19.6. The summed E-state index contributed by atoms with van der Waals surface area (Å²) < 4.78 is 7.07. The van der Waals surface area contributed by atoms with Crippen molar-refractivity contribution < 1.29 is 9.21 Å². The predicted molar refractivity (Wildman–Crippen MR) is 116 cm³/mol. The third kappa shape index (κ3) is 3.76. The van der Waals surface area contributed by atoms with E-state index in [0.29, 0.717) is 22.4 Å². The number of benzene rings is 2. The zero-order chi connectivity index (χ0) is 21.3. The summed E-state index contributed by atoms with van der Waals surface area (Å²) in [5, 5.41) is 2.98. The number of aromatic nitrogens is 2. The highest BCUT2D eigenvalue weighted by Gasteiger charge is 2.31. The molecule has 2 aromatic carbocycles. The quantitative estimate of drug-likeness (QED) is 0.557. The number of para-hydroxylation sites is 2. The SMILES string of the molecule is CC(C)(C)NC(=O)C(c1ccco1)n1c(=O)c(-c2ccccc2)nc2ccccc21. The van der Waals surface area contributed by atoms with Crippen molar-refractivity contribution in [3.05, 3.63) is 89.1 Å². The molecule has 4 aromatic rings. The van der Waals surface area contributed by atoms with E-state index in [1.807, 2.05) is 69.3 Å². The number of furan rings is 1. The second-order valence-electron chi connectivity index (χ2n) is 8.15. The van der Waals surface area contributed by atoms with Gasteiger partial charge in [-0.25, -0.2) is 4.98 Å². The monoisotopic (exact) mass is 401 g/mol. The van der Waals surface area contributed by atoms with E-state index in [2.05, 4.69) is 10.3 Å². The Bertz CT molecular complexity index is 1240. The van der Waals surface area contributed by atoms with Gasteiger partial charge >= 0.3 is 0 Å². The summed E-state index contributed by atoms with van der Waals surface area (Å²) in [7, 11) is 0. The van der Waals surface area contributed by atoms with E-state index in [1.54, 1.807) is 18.2 Å². The maximum absolute atomic E-state index is 13.7. The molecule has 0 aliphatic rings. The highest BCUT2D eigenvalue weighted by molar-refractivity contribution is 5.87. The lowest BCUT2D eigenvalue weighted by molar-refractivity contribution is -0.125. The van der Waals surface area contributed by atoms with E-state index in [-0.39, 0.29) is 17.2 Å². The van der Waals surface area contributed by atoms with E-state index in [1.165, 1.54) is 10.8 Å². The summed E-state index contributed by atoms with van der Waals surface area (Å²) in [6, 6.07) is 19.0. The number of hydrogen-bond donors (Lipinski definition) is 1. The average molecular weight is 401 g/mol. The fourth-order valence-corrected chi connectivity index (χ4v) is 3.45. The van der Waals surface area contributed by atoms with Crippen LogP contribution in [0.15, 0.2) is 82.2 Å². The Hall–Kier alpha value is -3.67. The van der Waals surface area contributed by atoms with Crippen molar-refractivity contribution in [3.8, 4) is 11.3 Å². The van der Waals surface area contributed by atoms with Crippen molar-refractivity contribution in [1.82, 2.24) is 14.9 Å². The van der Waals surface area contributed by atoms with Gasteiger partial charge < -0.3 is 9.73 Å². The maximum atomic E-state index is 13.7. The van der Waals surface area contributed by atoms with Crippen LogP contribution in [-0.4, -0.2) is 21.0 Å². The lowest BCUT2D eigenvalue weighted by Gasteiger charge is -2.26. The van der Waals surface area contributed by atoms with Crippen LogP contribution in [-0.2, 0) is 4.79 Å². The second-order valence-corrected chi connectivity index (χ2v) is 8.15. The summed E-state index contributed by atoms with van der Waals surface area (Å²) in [5.41, 5.74) is 1.33. The lowest BCUT2D eigenvalue weighted by atomic mass is 10.1. The van der Waals surface area contributed by atoms with Crippen molar-refractivity contribution in [1.29, 1.82) is 0 Å². The van der Waals surface area contributed by atoms with Crippen LogP contribution >= 0.6 is 0 Å². The van der Waals surface area contributed by atoms with E-state index in [0.717, 1.165) is 0 Å². The van der Waals surface area contributed by atoms with E-state index >= 15 is 0 Å². The topological polar surface area (TPSA) is 77.1 Å². The molecule has 1 atom stereocenters. The van der Waals surface area contributed by atoms with Gasteiger partial charge in [0.25, 0.3) is 11.5 Å². The zero-order valence-electron chi connectivity index (χ0n) is 17.1. The van der Waals surface area contributed by atoms with Crippen LogP contribution in [0.4, 0.5) is 0 Å². The van der Waals surface area contributed by atoms with Crippen LogP contribution in [0.25, 0.3) is 22.3 Å². The van der Waals surface area contributed by atoms with Gasteiger partial charge in [-0.1, -0.05) is 42.5 Å². The first-order valence-electron chi connectivity index (χ1n) is 9.77. The number of hydrogen-bond acceptors (Lipinski definition) is 4. The van der Waals surface area contributed by atoms with Crippen LogP contribution < -0.4 is 10.9 Å². The molecule has 1 amide bonds. The molecule has 0 spiro atoms. The summed E-state index contributed by atoms with van der Waals surface area (Å²) in [6.07, 6.45) is 1.50. The summed E-state index contributed by atoms with van der Waals surface area (Å²) in [5.74, 6) is 0.0594. The number of fused-ring (bicyclic) bond motifs is 1. The molecule has 6 nitrogen and oxygen atoms in total. The van der Waals surface area contributed by atoms with E-state index < -0.39 is 11.6 Å². The van der Waals surface area contributed by atoms with Crippen LogP contribution in [0.3, 0.4) is 0 Å². The zero-order valence-corrected chi connectivity index (χ0v) is 17.1. The normalized spacial score (nSPS) is 12.6. The van der Waals surface area contributed by atoms with Gasteiger partial charge in [0.05, 0.1) is 17.3 Å². The molecule has 0 radical (unpaired) electrons. The lowest BCUT2D eigenvalue weighted by Crippen LogP contribution is -2.46. The molecule has 2 heterocycles. The van der Waals surface area contributed by atoms with Gasteiger partial charge in [-0.05, 0) is 45.0 Å². The van der Waals surface area contributed by atoms with Gasteiger partial charge in [0.1, 0.15) is 11.5 Å². The van der Waals surface area contributed by atoms with Crippen molar-refractivity contribution >= 4 is 16.9 Å². The van der Waals surface area contributed by atoms with Gasteiger partial charge in [0.15, 0.2) is 6.04 Å². The number of carbonyl (C=O) groups is 1. The molecule has 0 saturated heterocycles. The summed E-state index contributed by atoms with van der Waals surface area (Å²) in [6.45, 7) is 5.69. The second kappa shape index (κ2) is 7.63. The summed E-state index contributed by atoms with van der Waals surface area (Å²) >= 11 is 0. The highest BCUT2D eigenvalue weighted by Crippen LogP contribution is 2.25. The molecule has 4 rings (SSSR count). The Morgan fingerprint density at radius 2 is 1.70 bits per heavy atom. The van der Waals surface area contributed by atoms with Crippen LogP contribution in [0.1, 0.15) is 32.6 Å². The number of amides is 1. The molecule has 0 bridgehead atoms. The molecule has 6 heteroatoms. The Kier molecular flexibility index (Phi) is 4.99. The van der Waals surface area contributed by atoms with Crippen molar-refractivity contribution in [2.24, 2.45) is 0 Å². The fourth-order valence-electron chi connectivity index (χ4n) is 3.45. The van der Waals surface area contributed by atoms with Crippen molar-refractivity contribution in [2.75, 3.05) is 0 Å². The van der Waals surface area contributed by atoms with Crippen molar-refractivity contribution in [3.63, 3.8) is 0 Å². The fraction of sp³-hybridized carbons (Fsp3) is 0.208. The molecule has 1 unspecified atom stereocenters. The van der Waals surface area contributed by atoms with Crippen LogP contribution in [0.5, 0.6) is 0 Å². The van der Waals surface area contributed by atoms with Gasteiger partial charge in [0.2, 0.25) is 0 Å². The minimum Gasteiger partial charge on any atom is -0.467 e. The largest absolute Gasteiger partial charge is 0.467 e. The average Bonchev–Trinajstić information content (AvgIpc) is 3.23. The molecule has 2 aromatic heterocycles. The van der Waals surface area contributed by atoms with E-state index in [4.69, 9.17) is 4.42 Å². The maximum Gasteiger partial charge on any atom is 0.278 e. The molecule has 0 fully saturated rings. The minimum absolute atomic E-state index is 0.286. The number of carbonyl (C=O) groups excluding carboxylic acids is 1. The van der Waals surface area contributed by atoms with Gasteiger partial charge in [-0.15, -0.1) is 0 Å². The number of nitrogens with zero attached hydrogens (tertiary/aromatic N) is 2. The molecule has 0 aliphatic heterocycles. The molecular formula is C24H23N3O3. The Labute approximate surface area is 174 Å². The van der Waals surface area contributed by atoms with Crippen LogP contribution in [0.2, 0.25) is 0 Å². The highest BCUT2D eigenvalue weighted by atomic mass is 16.3. The number of nitrogens with one attached hydrogen (secondary N) is 1. The Balaban J connectivity index is 2.02. The third-order valence-electron chi connectivity index (χ3n) is 4.66.